The van der Waals surface area contributed by atoms with Crippen molar-refractivity contribution in [1.82, 2.24) is 5.32 Å². The van der Waals surface area contributed by atoms with Gasteiger partial charge in [0.25, 0.3) is 0 Å². The number of ether oxygens (including phenoxy) is 4. The van der Waals surface area contributed by atoms with E-state index in [2.05, 4.69) is 24.4 Å². The Hall–Kier alpha value is -2.66. The molecule has 1 heterocycles. The number of hydrogen-bond acceptors (Lipinski definition) is 5. The highest BCUT2D eigenvalue weighted by Gasteiger charge is 2.28. The maximum atomic E-state index is 5.88. The van der Waals surface area contributed by atoms with E-state index in [4.69, 9.17) is 18.9 Å². The van der Waals surface area contributed by atoms with Gasteiger partial charge in [0.05, 0.1) is 28.4 Å². The second-order valence-electron chi connectivity index (χ2n) is 6.80. The van der Waals surface area contributed by atoms with Gasteiger partial charge in [-0.05, 0) is 53.7 Å². The molecule has 0 fully saturated rings. The minimum absolute atomic E-state index is 0.211. The van der Waals surface area contributed by atoms with Crippen LogP contribution in [-0.2, 0) is 6.42 Å². The summed E-state index contributed by atoms with van der Waals surface area (Å²) in [7, 11) is 6.71. The molecule has 1 atom stereocenters. The average molecular weight is 367 g/mol. The van der Waals surface area contributed by atoms with Crippen LogP contribution < -0.4 is 24.3 Å². The predicted octanol–water partition coefficient (Wildman–Crippen LogP) is 4.23. The maximum Gasteiger partial charge on any atom is 0.169 e. The van der Waals surface area contributed by atoms with E-state index in [0.29, 0.717) is 11.5 Å². The maximum absolute atomic E-state index is 5.88. The van der Waals surface area contributed by atoms with Gasteiger partial charge < -0.3 is 24.3 Å². The minimum Gasteiger partial charge on any atom is -0.493 e. The Labute approximate surface area is 159 Å². The summed E-state index contributed by atoms with van der Waals surface area (Å²) in [6.45, 7) is 3.11. The van der Waals surface area contributed by atoms with Crippen molar-refractivity contribution in [3.05, 3.63) is 35.4 Å². The van der Waals surface area contributed by atoms with Crippen molar-refractivity contribution in [3.63, 3.8) is 0 Å². The third kappa shape index (κ3) is 2.57. The Kier molecular flexibility index (Phi) is 4.48. The summed E-state index contributed by atoms with van der Waals surface area (Å²) in [5, 5.41) is 7.92. The van der Waals surface area contributed by atoms with E-state index < -0.39 is 0 Å². The Morgan fingerprint density at radius 1 is 0.852 bits per heavy atom. The highest BCUT2D eigenvalue weighted by atomic mass is 16.5. The van der Waals surface area contributed by atoms with Crippen LogP contribution in [0.5, 0.6) is 23.0 Å². The van der Waals surface area contributed by atoms with E-state index >= 15 is 0 Å². The zero-order valence-electron chi connectivity index (χ0n) is 16.4. The van der Waals surface area contributed by atoms with Gasteiger partial charge in [-0.15, -0.1) is 0 Å². The fourth-order valence-electron chi connectivity index (χ4n) is 4.31. The highest BCUT2D eigenvalue weighted by Crippen LogP contribution is 2.49. The molecule has 0 aliphatic carbocycles. The molecule has 3 aromatic carbocycles. The lowest BCUT2D eigenvalue weighted by atomic mass is 9.87. The van der Waals surface area contributed by atoms with Crippen molar-refractivity contribution in [2.75, 3.05) is 35.0 Å². The van der Waals surface area contributed by atoms with Crippen LogP contribution in [-0.4, -0.2) is 35.0 Å². The highest BCUT2D eigenvalue weighted by molar-refractivity contribution is 6.14. The monoisotopic (exact) mass is 367 g/mol. The Morgan fingerprint density at radius 2 is 1.56 bits per heavy atom. The van der Waals surface area contributed by atoms with Gasteiger partial charge in [-0.1, -0.05) is 12.1 Å². The summed E-state index contributed by atoms with van der Waals surface area (Å²) in [6.07, 6.45) is 0.954. The van der Waals surface area contributed by atoms with E-state index in [1.54, 1.807) is 28.4 Å². The van der Waals surface area contributed by atoms with E-state index in [-0.39, 0.29) is 6.04 Å². The van der Waals surface area contributed by atoms with Crippen LogP contribution >= 0.6 is 0 Å². The molecule has 0 amide bonds. The zero-order chi connectivity index (χ0) is 19.1. The Morgan fingerprint density at radius 3 is 2.22 bits per heavy atom. The third-order valence-corrected chi connectivity index (χ3v) is 5.52. The van der Waals surface area contributed by atoms with Crippen molar-refractivity contribution in [3.8, 4) is 23.0 Å². The lowest BCUT2D eigenvalue weighted by Gasteiger charge is -2.29. The van der Waals surface area contributed by atoms with Gasteiger partial charge in [-0.3, -0.25) is 0 Å². The molecule has 5 heteroatoms. The molecule has 0 spiro atoms. The molecule has 1 N–H and O–H groups in total. The van der Waals surface area contributed by atoms with Gasteiger partial charge in [0.1, 0.15) is 0 Å². The number of nitrogens with one attached hydrogen (secondary N) is 1. The molecular weight excluding hydrogens is 342 g/mol. The third-order valence-electron chi connectivity index (χ3n) is 5.52. The molecule has 0 bridgehead atoms. The normalized spacial score (nSPS) is 16.3. The SMILES string of the molecule is COc1cc2ccc3c4c(c(OC)c(OC)c3c2cc1OC)C(C)NCC4. The molecule has 0 saturated heterocycles. The minimum atomic E-state index is 0.211. The number of benzene rings is 3. The molecule has 0 aromatic heterocycles. The van der Waals surface area contributed by atoms with Crippen LogP contribution in [0.15, 0.2) is 24.3 Å². The van der Waals surface area contributed by atoms with Gasteiger partial charge in [0, 0.05) is 17.0 Å². The molecule has 1 unspecified atom stereocenters. The summed E-state index contributed by atoms with van der Waals surface area (Å²) in [5.74, 6) is 2.99. The van der Waals surface area contributed by atoms with Crippen molar-refractivity contribution >= 4 is 21.5 Å². The van der Waals surface area contributed by atoms with Crippen molar-refractivity contribution < 1.29 is 18.9 Å². The quantitative estimate of drug-likeness (QED) is 0.699. The van der Waals surface area contributed by atoms with Crippen LogP contribution in [0.2, 0.25) is 0 Å². The van der Waals surface area contributed by atoms with Gasteiger partial charge in [0.15, 0.2) is 23.0 Å². The molecule has 5 nitrogen and oxygen atoms in total. The van der Waals surface area contributed by atoms with E-state index in [1.165, 1.54) is 16.5 Å². The number of hydrogen-bond donors (Lipinski definition) is 1. The summed E-state index contributed by atoms with van der Waals surface area (Å²) < 4.78 is 22.7. The fraction of sp³-hybridized carbons (Fsp3) is 0.364. The number of methoxy groups -OCH3 is 4. The summed E-state index contributed by atoms with van der Waals surface area (Å²) in [4.78, 5) is 0. The van der Waals surface area contributed by atoms with Gasteiger partial charge in [-0.2, -0.15) is 0 Å². The van der Waals surface area contributed by atoms with Gasteiger partial charge in [0.2, 0.25) is 0 Å². The Balaban J connectivity index is 2.20. The average Bonchev–Trinajstić information content (AvgIpc) is 2.71. The second-order valence-corrected chi connectivity index (χ2v) is 6.80. The molecule has 0 saturated carbocycles. The first-order valence-corrected chi connectivity index (χ1v) is 9.13. The van der Waals surface area contributed by atoms with Crippen LogP contribution in [0.3, 0.4) is 0 Å². The Bertz CT molecular complexity index is 1030. The van der Waals surface area contributed by atoms with Gasteiger partial charge >= 0.3 is 0 Å². The van der Waals surface area contributed by atoms with Crippen LogP contribution in [0.4, 0.5) is 0 Å². The van der Waals surface area contributed by atoms with Crippen LogP contribution in [0, 0.1) is 0 Å². The topological polar surface area (TPSA) is 49.0 Å². The van der Waals surface area contributed by atoms with Crippen LogP contribution in [0.1, 0.15) is 24.1 Å². The zero-order valence-corrected chi connectivity index (χ0v) is 16.4. The van der Waals surface area contributed by atoms with Crippen molar-refractivity contribution in [2.45, 2.75) is 19.4 Å². The molecule has 4 rings (SSSR count). The fourth-order valence-corrected chi connectivity index (χ4v) is 4.31. The second kappa shape index (κ2) is 6.82. The first-order valence-electron chi connectivity index (χ1n) is 9.13. The molecule has 0 radical (unpaired) electrons. The lowest BCUT2D eigenvalue weighted by Crippen LogP contribution is -2.28. The molecule has 1 aliphatic heterocycles. The van der Waals surface area contributed by atoms with Crippen LogP contribution in [0.25, 0.3) is 21.5 Å². The van der Waals surface area contributed by atoms with E-state index in [1.807, 2.05) is 12.1 Å². The number of fused-ring (bicyclic) bond motifs is 5. The summed E-state index contributed by atoms with van der Waals surface area (Å²) in [6, 6.07) is 8.56. The number of rotatable bonds is 4. The smallest absolute Gasteiger partial charge is 0.169 e. The molecule has 27 heavy (non-hydrogen) atoms. The first-order chi connectivity index (χ1) is 13.1. The van der Waals surface area contributed by atoms with E-state index in [0.717, 1.165) is 40.6 Å². The van der Waals surface area contributed by atoms with Crippen molar-refractivity contribution in [2.24, 2.45) is 0 Å². The molecule has 142 valence electrons. The van der Waals surface area contributed by atoms with Crippen molar-refractivity contribution in [1.29, 1.82) is 0 Å². The van der Waals surface area contributed by atoms with Gasteiger partial charge in [-0.25, -0.2) is 0 Å². The standard InChI is InChI=1S/C22H25NO4/c1-12-19-15(8-9-23-12)14-7-6-13-10-17(24-2)18(25-3)11-16(13)20(14)22(27-5)21(19)26-4/h6-7,10-12,23H,8-9H2,1-5H3. The summed E-state index contributed by atoms with van der Waals surface area (Å²) in [5.41, 5.74) is 2.51. The predicted molar refractivity (Wildman–Crippen MR) is 108 cm³/mol. The largest absolute Gasteiger partial charge is 0.493 e. The first kappa shape index (κ1) is 17.7. The summed E-state index contributed by atoms with van der Waals surface area (Å²) >= 11 is 0. The van der Waals surface area contributed by atoms with E-state index in [9.17, 15) is 0 Å². The molecule has 3 aromatic rings. The molecular formula is C22H25NO4. The lowest BCUT2D eigenvalue weighted by molar-refractivity contribution is 0.348. The molecule has 1 aliphatic rings.